The summed E-state index contributed by atoms with van der Waals surface area (Å²) in [5.41, 5.74) is 2.85. The minimum absolute atomic E-state index is 0.517. The summed E-state index contributed by atoms with van der Waals surface area (Å²) >= 11 is 0. The predicted octanol–water partition coefficient (Wildman–Crippen LogP) is 3.60. The fourth-order valence-electron chi connectivity index (χ4n) is 2.69. The van der Waals surface area contributed by atoms with Crippen LogP contribution in [0.2, 0.25) is 0 Å². The molecule has 1 saturated carbocycles. The first kappa shape index (κ1) is 12.0. The van der Waals surface area contributed by atoms with E-state index >= 15 is 0 Å². The van der Waals surface area contributed by atoms with Crippen molar-refractivity contribution in [3.63, 3.8) is 0 Å². The van der Waals surface area contributed by atoms with Gasteiger partial charge in [0, 0.05) is 24.1 Å². The molecule has 1 aromatic rings. The minimum Gasteiger partial charge on any atom is -0.493 e. The molecule has 1 unspecified atom stereocenters. The van der Waals surface area contributed by atoms with Crippen molar-refractivity contribution < 1.29 is 4.74 Å². The zero-order chi connectivity index (χ0) is 12.4. The standard InChI is InChI=1S/C16H23NO/c1-2-3-4-12-5-8-16-14(11-12)15(9-10-18-16)17-13-6-7-13/h5,8,11,13,15,17H,2-4,6-7,9-10H2,1H3. The summed E-state index contributed by atoms with van der Waals surface area (Å²) in [4.78, 5) is 0. The van der Waals surface area contributed by atoms with Crippen molar-refractivity contribution in [3.8, 4) is 5.75 Å². The van der Waals surface area contributed by atoms with Crippen molar-refractivity contribution in [3.05, 3.63) is 29.3 Å². The minimum atomic E-state index is 0.517. The number of nitrogens with one attached hydrogen (secondary N) is 1. The highest BCUT2D eigenvalue weighted by molar-refractivity contribution is 5.41. The Morgan fingerprint density at radius 1 is 1.28 bits per heavy atom. The molecule has 2 heteroatoms. The second kappa shape index (κ2) is 5.31. The third-order valence-corrected chi connectivity index (χ3v) is 3.95. The largest absolute Gasteiger partial charge is 0.493 e. The van der Waals surface area contributed by atoms with Crippen LogP contribution in [-0.2, 0) is 6.42 Å². The summed E-state index contributed by atoms with van der Waals surface area (Å²) in [6.07, 6.45) is 7.54. The Bertz CT molecular complexity index is 412. The molecule has 98 valence electrons. The molecule has 2 nitrogen and oxygen atoms in total. The van der Waals surface area contributed by atoms with Crippen LogP contribution in [0.4, 0.5) is 0 Å². The van der Waals surface area contributed by atoms with E-state index in [9.17, 15) is 0 Å². The lowest BCUT2D eigenvalue weighted by Crippen LogP contribution is -2.28. The third kappa shape index (κ3) is 2.69. The number of unbranched alkanes of at least 4 members (excludes halogenated alkanes) is 1. The van der Waals surface area contributed by atoms with E-state index in [-0.39, 0.29) is 0 Å². The van der Waals surface area contributed by atoms with Crippen molar-refractivity contribution in [1.82, 2.24) is 5.32 Å². The van der Waals surface area contributed by atoms with Gasteiger partial charge in [0.05, 0.1) is 6.61 Å². The number of hydrogen-bond acceptors (Lipinski definition) is 2. The van der Waals surface area contributed by atoms with E-state index in [4.69, 9.17) is 4.74 Å². The molecule has 1 aliphatic carbocycles. The smallest absolute Gasteiger partial charge is 0.124 e. The van der Waals surface area contributed by atoms with E-state index in [0.29, 0.717) is 6.04 Å². The van der Waals surface area contributed by atoms with E-state index in [0.717, 1.165) is 24.8 Å². The molecule has 0 bridgehead atoms. The summed E-state index contributed by atoms with van der Waals surface area (Å²) in [7, 11) is 0. The molecule has 1 N–H and O–H groups in total. The SMILES string of the molecule is CCCCc1ccc2c(c1)C(NC1CC1)CCO2. The van der Waals surface area contributed by atoms with Crippen molar-refractivity contribution in [1.29, 1.82) is 0 Å². The quantitative estimate of drug-likeness (QED) is 0.855. The predicted molar refractivity (Wildman–Crippen MR) is 74.1 cm³/mol. The van der Waals surface area contributed by atoms with Gasteiger partial charge in [0.1, 0.15) is 5.75 Å². The van der Waals surface area contributed by atoms with E-state index in [1.165, 1.54) is 43.2 Å². The fourth-order valence-corrected chi connectivity index (χ4v) is 2.69. The molecule has 3 rings (SSSR count). The Hall–Kier alpha value is -1.02. The maximum absolute atomic E-state index is 5.78. The lowest BCUT2D eigenvalue weighted by molar-refractivity contribution is 0.252. The van der Waals surface area contributed by atoms with Gasteiger partial charge in [-0.25, -0.2) is 0 Å². The maximum atomic E-state index is 5.78. The normalized spacial score (nSPS) is 22.4. The molecule has 1 atom stereocenters. The number of aryl methyl sites for hydroxylation is 1. The van der Waals surface area contributed by atoms with Gasteiger partial charge in [-0.2, -0.15) is 0 Å². The molecule has 1 heterocycles. The Balaban J connectivity index is 1.78. The van der Waals surface area contributed by atoms with Crippen LogP contribution < -0.4 is 10.1 Å². The molecule has 0 saturated heterocycles. The van der Waals surface area contributed by atoms with Gasteiger partial charge >= 0.3 is 0 Å². The number of hydrogen-bond donors (Lipinski definition) is 1. The van der Waals surface area contributed by atoms with E-state index < -0.39 is 0 Å². The molecule has 0 aromatic heterocycles. The Morgan fingerprint density at radius 2 is 2.17 bits per heavy atom. The van der Waals surface area contributed by atoms with Crippen molar-refractivity contribution in [2.75, 3.05) is 6.61 Å². The van der Waals surface area contributed by atoms with Gasteiger partial charge in [-0.3, -0.25) is 0 Å². The summed E-state index contributed by atoms with van der Waals surface area (Å²) in [5.74, 6) is 1.10. The van der Waals surface area contributed by atoms with Crippen LogP contribution in [0.25, 0.3) is 0 Å². The monoisotopic (exact) mass is 245 g/mol. The number of rotatable bonds is 5. The van der Waals surface area contributed by atoms with Crippen LogP contribution in [-0.4, -0.2) is 12.6 Å². The second-order valence-corrected chi connectivity index (χ2v) is 5.61. The Labute approximate surface area is 110 Å². The lowest BCUT2D eigenvalue weighted by Gasteiger charge is -2.27. The van der Waals surface area contributed by atoms with Crippen molar-refractivity contribution >= 4 is 0 Å². The third-order valence-electron chi connectivity index (χ3n) is 3.95. The summed E-state index contributed by atoms with van der Waals surface area (Å²) < 4.78 is 5.78. The van der Waals surface area contributed by atoms with E-state index in [1.807, 2.05) is 0 Å². The lowest BCUT2D eigenvalue weighted by atomic mass is 9.96. The van der Waals surface area contributed by atoms with Crippen LogP contribution in [0.15, 0.2) is 18.2 Å². The zero-order valence-electron chi connectivity index (χ0n) is 11.2. The van der Waals surface area contributed by atoms with Gasteiger partial charge in [-0.15, -0.1) is 0 Å². The van der Waals surface area contributed by atoms with Gasteiger partial charge < -0.3 is 10.1 Å². The van der Waals surface area contributed by atoms with Crippen molar-refractivity contribution in [2.24, 2.45) is 0 Å². The molecular weight excluding hydrogens is 222 g/mol. The molecule has 0 radical (unpaired) electrons. The van der Waals surface area contributed by atoms with Crippen LogP contribution in [0, 0.1) is 0 Å². The Morgan fingerprint density at radius 3 is 2.94 bits per heavy atom. The van der Waals surface area contributed by atoms with Crippen LogP contribution in [0.3, 0.4) is 0 Å². The molecule has 0 amide bonds. The first-order chi connectivity index (χ1) is 8.86. The number of ether oxygens (including phenoxy) is 1. The molecule has 1 aliphatic heterocycles. The van der Waals surface area contributed by atoms with Crippen molar-refractivity contribution in [2.45, 2.75) is 57.5 Å². The van der Waals surface area contributed by atoms with Gasteiger partial charge in [0.25, 0.3) is 0 Å². The average molecular weight is 245 g/mol. The highest BCUT2D eigenvalue weighted by Gasteiger charge is 2.28. The first-order valence-electron chi connectivity index (χ1n) is 7.38. The first-order valence-corrected chi connectivity index (χ1v) is 7.38. The summed E-state index contributed by atoms with van der Waals surface area (Å²) in [5, 5.41) is 3.75. The fraction of sp³-hybridized carbons (Fsp3) is 0.625. The molecule has 2 aliphatic rings. The van der Waals surface area contributed by atoms with Gasteiger partial charge in [0.2, 0.25) is 0 Å². The summed E-state index contributed by atoms with van der Waals surface area (Å²) in [6.45, 7) is 3.10. The molecule has 0 spiro atoms. The second-order valence-electron chi connectivity index (χ2n) is 5.61. The highest BCUT2D eigenvalue weighted by atomic mass is 16.5. The van der Waals surface area contributed by atoms with Crippen LogP contribution in [0.1, 0.15) is 56.2 Å². The zero-order valence-corrected chi connectivity index (χ0v) is 11.2. The van der Waals surface area contributed by atoms with Gasteiger partial charge in [-0.1, -0.05) is 25.5 Å². The van der Waals surface area contributed by atoms with Crippen LogP contribution >= 0.6 is 0 Å². The summed E-state index contributed by atoms with van der Waals surface area (Å²) in [6, 6.07) is 8.04. The number of fused-ring (bicyclic) bond motifs is 1. The molecule has 1 aromatic carbocycles. The Kier molecular flexibility index (Phi) is 3.55. The highest BCUT2D eigenvalue weighted by Crippen LogP contribution is 2.35. The molecule has 18 heavy (non-hydrogen) atoms. The topological polar surface area (TPSA) is 21.3 Å². The molecule has 1 fully saturated rings. The average Bonchev–Trinajstić information content (AvgIpc) is 3.21. The number of benzene rings is 1. The van der Waals surface area contributed by atoms with Gasteiger partial charge in [0.15, 0.2) is 0 Å². The van der Waals surface area contributed by atoms with Gasteiger partial charge in [-0.05, 0) is 37.3 Å². The van der Waals surface area contributed by atoms with Crippen LogP contribution in [0.5, 0.6) is 5.75 Å². The molecular formula is C16H23NO. The van der Waals surface area contributed by atoms with E-state index in [1.54, 1.807) is 0 Å². The van der Waals surface area contributed by atoms with E-state index in [2.05, 4.69) is 30.4 Å². The maximum Gasteiger partial charge on any atom is 0.124 e.